The van der Waals surface area contributed by atoms with Crippen LogP contribution in [0.5, 0.6) is 0 Å². The SMILES string of the molecule is O=C1CCC(CNC(=O)c2ccc(Br)cc2S)N1. The molecule has 0 aliphatic carbocycles. The van der Waals surface area contributed by atoms with Crippen molar-refractivity contribution < 1.29 is 9.59 Å². The maximum Gasteiger partial charge on any atom is 0.252 e. The van der Waals surface area contributed by atoms with Crippen LogP contribution in [0.15, 0.2) is 27.6 Å². The molecule has 0 spiro atoms. The number of amides is 2. The van der Waals surface area contributed by atoms with Crippen LogP contribution in [0.1, 0.15) is 23.2 Å². The fourth-order valence-corrected chi connectivity index (χ4v) is 2.69. The van der Waals surface area contributed by atoms with Crippen LogP contribution >= 0.6 is 28.6 Å². The fraction of sp³-hybridized carbons (Fsp3) is 0.333. The molecule has 2 amide bonds. The van der Waals surface area contributed by atoms with Gasteiger partial charge in [-0.3, -0.25) is 9.59 Å². The molecule has 96 valence electrons. The van der Waals surface area contributed by atoms with Gasteiger partial charge in [-0.1, -0.05) is 15.9 Å². The number of carbonyl (C=O) groups excluding carboxylic acids is 2. The van der Waals surface area contributed by atoms with Crippen LogP contribution in [0.2, 0.25) is 0 Å². The molecule has 1 aromatic carbocycles. The highest BCUT2D eigenvalue weighted by atomic mass is 79.9. The lowest BCUT2D eigenvalue weighted by atomic mass is 10.2. The quantitative estimate of drug-likeness (QED) is 0.740. The van der Waals surface area contributed by atoms with Crippen molar-refractivity contribution in [2.24, 2.45) is 0 Å². The molecule has 6 heteroatoms. The van der Waals surface area contributed by atoms with Gasteiger partial charge in [0.05, 0.1) is 5.56 Å². The third-order valence-electron chi connectivity index (χ3n) is 2.80. The van der Waals surface area contributed by atoms with Gasteiger partial charge < -0.3 is 10.6 Å². The van der Waals surface area contributed by atoms with Crippen LogP contribution in [0, 0.1) is 0 Å². The van der Waals surface area contributed by atoms with Gasteiger partial charge in [-0.2, -0.15) is 0 Å². The Morgan fingerprint density at radius 1 is 1.56 bits per heavy atom. The predicted octanol–water partition coefficient (Wildman–Crippen LogP) is 1.75. The van der Waals surface area contributed by atoms with E-state index >= 15 is 0 Å². The van der Waals surface area contributed by atoms with Crippen LogP contribution in [0.3, 0.4) is 0 Å². The number of rotatable bonds is 3. The summed E-state index contributed by atoms with van der Waals surface area (Å²) in [5.74, 6) is -0.124. The molecule has 1 aliphatic rings. The number of hydrogen-bond donors (Lipinski definition) is 3. The monoisotopic (exact) mass is 328 g/mol. The largest absolute Gasteiger partial charge is 0.352 e. The number of carbonyl (C=O) groups is 2. The van der Waals surface area contributed by atoms with Crippen LogP contribution in [-0.2, 0) is 4.79 Å². The zero-order valence-corrected chi connectivity index (χ0v) is 12.1. The normalized spacial score (nSPS) is 18.6. The highest BCUT2D eigenvalue weighted by Gasteiger charge is 2.21. The van der Waals surface area contributed by atoms with Crippen molar-refractivity contribution in [3.63, 3.8) is 0 Å². The summed E-state index contributed by atoms with van der Waals surface area (Å²) in [6, 6.07) is 5.33. The molecule has 1 saturated heterocycles. The topological polar surface area (TPSA) is 58.2 Å². The molecule has 1 fully saturated rings. The van der Waals surface area contributed by atoms with E-state index in [1.807, 2.05) is 0 Å². The van der Waals surface area contributed by atoms with E-state index in [0.717, 1.165) is 10.9 Å². The number of benzene rings is 1. The Morgan fingerprint density at radius 2 is 2.33 bits per heavy atom. The minimum atomic E-state index is -0.173. The van der Waals surface area contributed by atoms with Gasteiger partial charge in [0.1, 0.15) is 0 Å². The zero-order chi connectivity index (χ0) is 13.1. The van der Waals surface area contributed by atoms with Crippen molar-refractivity contribution in [2.75, 3.05) is 6.54 Å². The Hall–Kier alpha value is -1.01. The third-order valence-corrected chi connectivity index (χ3v) is 3.66. The zero-order valence-electron chi connectivity index (χ0n) is 9.57. The lowest BCUT2D eigenvalue weighted by molar-refractivity contribution is -0.119. The Morgan fingerprint density at radius 3 is 2.94 bits per heavy atom. The molecule has 0 bridgehead atoms. The summed E-state index contributed by atoms with van der Waals surface area (Å²) in [7, 11) is 0. The summed E-state index contributed by atoms with van der Waals surface area (Å²) < 4.78 is 0.882. The fourth-order valence-electron chi connectivity index (χ4n) is 1.84. The summed E-state index contributed by atoms with van der Waals surface area (Å²) in [5, 5.41) is 5.61. The summed E-state index contributed by atoms with van der Waals surface area (Å²) >= 11 is 7.58. The van der Waals surface area contributed by atoms with Crippen LogP contribution in [0.4, 0.5) is 0 Å². The molecule has 1 aliphatic heterocycles. The molecule has 2 N–H and O–H groups in total. The van der Waals surface area contributed by atoms with Crippen LogP contribution < -0.4 is 10.6 Å². The Kier molecular flexibility index (Phi) is 4.29. The van der Waals surface area contributed by atoms with Gasteiger partial charge >= 0.3 is 0 Å². The molecule has 1 heterocycles. The van der Waals surface area contributed by atoms with Crippen molar-refractivity contribution in [1.82, 2.24) is 10.6 Å². The first-order chi connectivity index (χ1) is 8.56. The van der Waals surface area contributed by atoms with Crippen molar-refractivity contribution in [3.8, 4) is 0 Å². The number of halogens is 1. The second-order valence-corrected chi connectivity index (χ2v) is 5.57. The Bertz CT molecular complexity index is 493. The van der Waals surface area contributed by atoms with Gasteiger partial charge in [-0.25, -0.2) is 0 Å². The van der Waals surface area contributed by atoms with E-state index in [4.69, 9.17) is 0 Å². The molecule has 1 unspecified atom stereocenters. The van der Waals surface area contributed by atoms with E-state index in [-0.39, 0.29) is 17.9 Å². The summed E-state index contributed by atoms with van der Waals surface area (Å²) in [5.41, 5.74) is 0.533. The molecule has 2 rings (SSSR count). The minimum Gasteiger partial charge on any atom is -0.352 e. The molecular formula is C12H13BrN2O2S. The highest BCUT2D eigenvalue weighted by Crippen LogP contribution is 2.19. The van der Waals surface area contributed by atoms with E-state index in [1.165, 1.54) is 0 Å². The summed E-state index contributed by atoms with van der Waals surface area (Å²) in [6.07, 6.45) is 1.31. The number of nitrogens with one attached hydrogen (secondary N) is 2. The first kappa shape index (κ1) is 13.4. The highest BCUT2D eigenvalue weighted by molar-refractivity contribution is 9.10. The molecule has 1 atom stereocenters. The van der Waals surface area contributed by atoms with Crippen molar-refractivity contribution in [3.05, 3.63) is 28.2 Å². The van der Waals surface area contributed by atoms with Gasteiger partial charge in [-0.05, 0) is 24.6 Å². The van der Waals surface area contributed by atoms with Crippen molar-refractivity contribution >= 4 is 40.4 Å². The molecule has 0 saturated carbocycles. The molecule has 4 nitrogen and oxygen atoms in total. The standard InChI is InChI=1S/C12H13BrN2O2S/c13-7-1-3-9(10(18)5-7)12(17)14-6-8-2-4-11(16)15-8/h1,3,5,8,18H,2,4,6H2,(H,14,17)(H,15,16). The lowest BCUT2D eigenvalue weighted by Crippen LogP contribution is -2.38. The van der Waals surface area contributed by atoms with Crippen molar-refractivity contribution in [1.29, 1.82) is 0 Å². The van der Waals surface area contributed by atoms with Crippen molar-refractivity contribution in [2.45, 2.75) is 23.8 Å². The first-order valence-electron chi connectivity index (χ1n) is 5.62. The Labute approximate surface area is 119 Å². The second-order valence-electron chi connectivity index (χ2n) is 4.17. The van der Waals surface area contributed by atoms with Gasteiger partial charge in [-0.15, -0.1) is 12.6 Å². The predicted molar refractivity (Wildman–Crippen MR) is 74.9 cm³/mol. The van der Waals surface area contributed by atoms with E-state index < -0.39 is 0 Å². The van der Waals surface area contributed by atoms with Gasteiger partial charge in [0.25, 0.3) is 5.91 Å². The van der Waals surface area contributed by atoms with Crippen LogP contribution in [-0.4, -0.2) is 24.4 Å². The molecule has 0 aromatic heterocycles. The molecular weight excluding hydrogens is 316 g/mol. The third kappa shape index (κ3) is 3.26. The lowest BCUT2D eigenvalue weighted by Gasteiger charge is -2.12. The second kappa shape index (κ2) is 5.75. The molecule has 0 radical (unpaired) electrons. The van der Waals surface area contributed by atoms with Gasteiger partial charge in [0.2, 0.25) is 5.91 Å². The number of thiol groups is 1. The smallest absolute Gasteiger partial charge is 0.252 e. The van der Waals surface area contributed by atoms with E-state index in [0.29, 0.717) is 23.4 Å². The summed E-state index contributed by atoms with van der Waals surface area (Å²) in [4.78, 5) is 23.6. The van der Waals surface area contributed by atoms with E-state index in [1.54, 1.807) is 18.2 Å². The van der Waals surface area contributed by atoms with Gasteiger partial charge in [0.15, 0.2) is 0 Å². The van der Waals surface area contributed by atoms with E-state index in [2.05, 4.69) is 39.2 Å². The minimum absolute atomic E-state index is 0.0419. The molecule has 1 aromatic rings. The maximum atomic E-state index is 11.9. The average Bonchev–Trinajstić information content (AvgIpc) is 2.72. The Balaban J connectivity index is 1.93. The average molecular weight is 329 g/mol. The number of hydrogen-bond acceptors (Lipinski definition) is 3. The van der Waals surface area contributed by atoms with E-state index in [9.17, 15) is 9.59 Å². The maximum absolute atomic E-state index is 11.9. The first-order valence-corrected chi connectivity index (χ1v) is 6.86. The van der Waals surface area contributed by atoms with Crippen LogP contribution in [0.25, 0.3) is 0 Å². The van der Waals surface area contributed by atoms with Gasteiger partial charge in [0, 0.05) is 28.4 Å². The molecule has 18 heavy (non-hydrogen) atoms. The summed E-state index contributed by atoms with van der Waals surface area (Å²) in [6.45, 7) is 0.452.